The van der Waals surface area contributed by atoms with Crippen LogP contribution in [0.25, 0.3) is 11.0 Å². The molecule has 3 nitrogen and oxygen atoms in total. The molecule has 16 heavy (non-hydrogen) atoms. The number of aromatic nitrogens is 2. The highest BCUT2D eigenvalue weighted by Gasteiger charge is 2.10. The van der Waals surface area contributed by atoms with Crippen LogP contribution in [0.4, 0.5) is 0 Å². The number of nitrogens with two attached hydrogens (primary N) is 1. The molecule has 1 atom stereocenters. The van der Waals surface area contributed by atoms with Crippen LogP contribution in [0.3, 0.4) is 0 Å². The molecule has 0 spiro atoms. The van der Waals surface area contributed by atoms with Crippen LogP contribution in [0.1, 0.15) is 25.6 Å². The molecular formula is C13H19N3. The summed E-state index contributed by atoms with van der Waals surface area (Å²) in [5.41, 5.74) is 8.29. The number of fused-ring (bicyclic) bond motifs is 1. The smallest absolute Gasteiger partial charge is 0.111 e. The second-order valence-electron chi connectivity index (χ2n) is 4.33. The van der Waals surface area contributed by atoms with Crippen LogP contribution < -0.4 is 5.73 Å². The summed E-state index contributed by atoms with van der Waals surface area (Å²) in [4.78, 5) is 4.62. The maximum absolute atomic E-state index is 6.05. The summed E-state index contributed by atoms with van der Waals surface area (Å²) in [5.74, 6) is 1.09. The van der Waals surface area contributed by atoms with Crippen molar-refractivity contribution in [2.45, 2.75) is 32.2 Å². The molecule has 2 rings (SSSR count). The first kappa shape index (κ1) is 11.1. The summed E-state index contributed by atoms with van der Waals surface area (Å²) in [6.07, 6.45) is 3.05. The Hall–Kier alpha value is -1.35. The van der Waals surface area contributed by atoms with Crippen molar-refractivity contribution in [1.82, 2.24) is 9.55 Å². The van der Waals surface area contributed by atoms with E-state index in [1.165, 1.54) is 5.52 Å². The third kappa shape index (κ3) is 2.09. The Morgan fingerprint density at radius 2 is 2.12 bits per heavy atom. The van der Waals surface area contributed by atoms with Gasteiger partial charge >= 0.3 is 0 Å². The van der Waals surface area contributed by atoms with Crippen molar-refractivity contribution < 1.29 is 0 Å². The average molecular weight is 217 g/mol. The number of hydrogen-bond donors (Lipinski definition) is 1. The first-order valence-corrected chi connectivity index (χ1v) is 5.88. The number of imidazole rings is 1. The molecule has 0 bridgehead atoms. The number of hydrogen-bond acceptors (Lipinski definition) is 2. The molecule has 1 aromatic heterocycles. The van der Waals surface area contributed by atoms with Gasteiger partial charge < -0.3 is 10.3 Å². The van der Waals surface area contributed by atoms with Crippen molar-refractivity contribution in [3.63, 3.8) is 0 Å². The van der Waals surface area contributed by atoms with Gasteiger partial charge in [-0.25, -0.2) is 4.98 Å². The molecule has 2 N–H and O–H groups in total. The van der Waals surface area contributed by atoms with E-state index in [1.807, 2.05) is 18.2 Å². The van der Waals surface area contributed by atoms with Crippen LogP contribution in [0.2, 0.25) is 0 Å². The average Bonchev–Trinajstić information content (AvgIpc) is 2.57. The van der Waals surface area contributed by atoms with Crippen molar-refractivity contribution in [2.75, 3.05) is 0 Å². The van der Waals surface area contributed by atoms with Crippen molar-refractivity contribution in [3.8, 4) is 0 Å². The molecule has 3 heteroatoms. The van der Waals surface area contributed by atoms with Gasteiger partial charge in [0.15, 0.2) is 0 Å². The van der Waals surface area contributed by atoms with Crippen LogP contribution in [0.15, 0.2) is 24.3 Å². The number of rotatable bonds is 4. The van der Waals surface area contributed by atoms with Gasteiger partial charge in [0.05, 0.1) is 11.0 Å². The van der Waals surface area contributed by atoms with E-state index in [1.54, 1.807) is 0 Å². The minimum atomic E-state index is 0.223. The summed E-state index contributed by atoms with van der Waals surface area (Å²) in [5, 5.41) is 0. The van der Waals surface area contributed by atoms with Crippen LogP contribution in [0, 0.1) is 0 Å². The molecule has 86 valence electrons. The van der Waals surface area contributed by atoms with Crippen molar-refractivity contribution in [2.24, 2.45) is 12.8 Å². The largest absolute Gasteiger partial charge is 0.331 e. The van der Waals surface area contributed by atoms with E-state index in [0.29, 0.717) is 0 Å². The monoisotopic (exact) mass is 217 g/mol. The Morgan fingerprint density at radius 3 is 2.81 bits per heavy atom. The van der Waals surface area contributed by atoms with Gasteiger partial charge in [-0.15, -0.1) is 0 Å². The van der Waals surface area contributed by atoms with Gasteiger partial charge in [-0.1, -0.05) is 25.5 Å². The topological polar surface area (TPSA) is 43.8 Å². The SMILES string of the molecule is CCCC(N)Cc1nc2ccccc2n1C. The standard InChI is InChI=1S/C13H19N3/c1-3-6-10(14)9-13-15-11-7-4-5-8-12(11)16(13)2/h4-5,7-8,10H,3,6,9,14H2,1-2H3. The predicted octanol–water partition coefficient (Wildman–Crippen LogP) is 2.24. The molecule has 1 heterocycles. The van der Waals surface area contributed by atoms with E-state index < -0.39 is 0 Å². The van der Waals surface area contributed by atoms with E-state index in [2.05, 4.69) is 29.6 Å². The first-order valence-electron chi connectivity index (χ1n) is 5.88. The van der Waals surface area contributed by atoms with Crippen molar-refractivity contribution >= 4 is 11.0 Å². The van der Waals surface area contributed by atoms with Gasteiger partial charge in [-0.2, -0.15) is 0 Å². The minimum Gasteiger partial charge on any atom is -0.331 e. The van der Waals surface area contributed by atoms with Crippen LogP contribution >= 0.6 is 0 Å². The fraction of sp³-hybridized carbons (Fsp3) is 0.462. The lowest BCUT2D eigenvalue weighted by molar-refractivity contribution is 0.576. The number of para-hydroxylation sites is 2. The highest BCUT2D eigenvalue weighted by Crippen LogP contribution is 2.15. The Balaban J connectivity index is 2.27. The summed E-state index contributed by atoms with van der Waals surface area (Å²) in [6, 6.07) is 8.42. The highest BCUT2D eigenvalue weighted by molar-refractivity contribution is 5.75. The predicted molar refractivity (Wildman–Crippen MR) is 67.3 cm³/mol. The zero-order valence-electron chi connectivity index (χ0n) is 9.98. The Labute approximate surface area is 96.3 Å². The van der Waals surface area contributed by atoms with E-state index in [-0.39, 0.29) is 6.04 Å². The van der Waals surface area contributed by atoms with Gasteiger partial charge in [-0.05, 0) is 18.6 Å². The lowest BCUT2D eigenvalue weighted by atomic mass is 10.1. The van der Waals surface area contributed by atoms with Gasteiger partial charge in [0.25, 0.3) is 0 Å². The summed E-state index contributed by atoms with van der Waals surface area (Å²) in [7, 11) is 2.06. The Morgan fingerprint density at radius 1 is 1.38 bits per heavy atom. The first-order chi connectivity index (χ1) is 7.72. The molecule has 0 saturated heterocycles. The quantitative estimate of drug-likeness (QED) is 0.853. The molecule has 0 aliphatic rings. The molecule has 0 saturated carbocycles. The zero-order valence-corrected chi connectivity index (χ0v) is 9.98. The van der Waals surface area contributed by atoms with Gasteiger partial charge in [0.2, 0.25) is 0 Å². The van der Waals surface area contributed by atoms with Crippen LogP contribution in [0.5, 0.6) is 0 Å². The summed E-state index contributed by atoms with van der Waals surface area (Å²) in [6.45, 7) is 2.16. The number of nitrogens with zero attached hydrogens (tertiary/aromatic N) is 2. The third-order valence-electron chi connectivity index (χ3n) is 2.98. The van der Waals surface area contributed by atoms with Gasteiger partial charge in [-0.3, -0.25) is 0 Å². The van der Waals surface area contributed by atoms with Crippen LogP contribution in [-0.4, -0.2) is 15.6 Å². The maximum atomic E-state index is 6.05. The lowest BCUT2D eigenvalue weighted by Crippen LogP contribution is -2.23. The highest BCUT2D eigenvalue weighted by atomic mass is 15.1. The van der Waals surface area contributed by atoms with Gasteiger partial charge in [0, 0.05) is 19.5 Å². The lowest BCUT2D eigenvalue weighted by Gasteiger charge is -2.09. The molecule has 0 amide bonds. The minimum absolute atomic E-state index is 0.223. The number of benzene rings is 1. The summed E-state index contributed by atoms with van der Waals surface area (Å²) < 4.78 is 2.14. The van der Waals surface area contributed by atoms with E-state index in [9.17, 15) is 0 Å². The summed E-state index contributed by atoms with van der Waals surface area (Å²) >= 11 is 0. The molecule has 1 unspecified atom stereocenters. The Kier molecular flexibility index (Phi) is 3.25. The fourth-order valence-corrected chi connectivity index (χ4v) is 2.09. The molecular weight excluding hydrogens is 198 g/mol. The number of aryl methyl sites for hydroxylation is 1. The normalized spacial score (nSPS) is 13.2. The fourth-order valence-electron chi connectivity index (χ4n) is 2.09. The molecule has 2 aromatic rings. The molecule has 1 aromatic carbocycles. The van der Waals surface area contributed by atoms with Crippen molar-refractivity contribution in [1.29, 1.82) is 0 Å². The molecule has 0 fully saturated rings. The second kappa shape index (κ2) is 4.66. The van der Waals surface area contributed by atoms with E-state index in [0.717, 1.165) is 30.6 Å². The van der Waals surface area contributed by atoms with Gasteiger partial charge in [0.1, 0.15) is 5.82 Å². The molecule has 0 radical (unpaired) electrons. The Bertz CT molecular complexity index is 473. The van der Waals surface area contributed by atoms with E-state index in [4.69, 9.17) is 5.73 Å². The van der Waals surface area contributed by atoms with Crippen molar-refractivity contribution in [3.05, 3.63) is 30.1 Å². The molecule has 0 aliphatic heterocycles. The van der Waals surface area contributed by atoms with E-state index >= 15 is 0 Å². The molecule has 0 aliphatic carbocycles. The van der Waals surface area contributed by atoms with Crippen LogP contribution in [-0.2, 0) is 13.5 Å². The maximum Gasteiger partial charge on any atom is 0.111 e. The second-order valence-corrected chi connectivity index (χ2v) is 4.33. The third-order valence-corrected chi connectivity index (χ3v) is 2.98. The zero-order chi connectivity index (χ0) is 11.5.